The number of sulfonamides is 1. The SMILES string of the molecule is Cc1ccc(S(=O)(=O)N2c3cc(F)ccc3CCC2CCc2ccc(Cl)cc2F)s1. The number of thiophene rings is 1. The van der Waals surface area contributed by atoms with Crippen LogP contribution in [0, 0.1) is 18.6 Å². The van der Waals surface area contributed by atoms with Crippen molar-refractivity contribution in [1.82, 2.24) is 0 Å². The Bertz CT molecular complexity index is 1190. The van der Waals surface area contributed by atoms with Crippen LogP contribution in [-0.4, -0.2) is 14.5 Å². The predicted molar refractivity (Wildman–Crippen MR) is 117 cm³/mol. The van der Waals surface area contributed by atoms with E-state index in [1.165, 1.54) is 33.8 Å². The van der Waals surface area contributed by atoms with Crippen molar-refractivity contribution in [2.24, 2.45) is 0 Å². The van der Waals surface area contributed by atoms with Gasteiger partial charge in [0.1, 0.15) is 15.8 Å². The van der Waals surface area contributed by atoms with Crippen LogP contribution in [0.15, 0.2) is 52.7 Å². The molecule has 158 valence electrons. The largest absolute Gasteiger partial charge is 0.274 e. The van der Waals surface area contributed by atoms with Gasteiger partial charge in [0.2, 0.25) is 0 Å². The first-order valence-electron chi connectivity index (χ1n) is 9.59. The summed E-state index contributed by atoms with van der Waals surface area (Å²) in [6.07, 6.45) is 1.99. The highest BCUT2D eigenvalue weighted by molar-refractivity contribution is 7.94. The number of hydrogen-bond donors (Lipinski definition) is 0. The Labute approximate surface area is 184 Å². The van der Waals surface area contributed by atoms with Crippen molar-refractivity contribution in [2.75, 3.05) is 4.31 Å². The predicted octanol–water partition coefficient (Wildman–Crippen LogP) is 6.13. The molecule has 0 spiro atoms. The molecule has 3 aromatic rings. The van der Waals surface area contributed by atoms with E-state index < -0.39 is 27.7 Å². The summed E-state index contributed by atoms with van der Waals surface area (Å²) in [5, 5.41) is 0.315. The second-order valence-corrected chi connectivity index (χ2v) is 11.2. The minimum Gasteiger partial charge on any atom is -0.262 e. The highest BCUT2D eigenvalue weighted by Crippen LogP contribution is 2.39. The van der Waals surface area contributed by atoms with Crippen LogP contribution in [-0.2, 0) is 22.9 Å². The number of nitrogens with zero attached hydrogens (tertiary/aromatic N) is 1. The van der Waals surface area contributed by atoms with Crippen molar-refractivity contribution in [3.63, 3.8) is 0 Å². The van der Waals surface area contributed by atoms with E-state index in [9.17, 15) is 17.2 Å². The van der Waals surface area contributed by atoms with Crippen molar-refractivity contribution in [1.29, 1.82) is 0 Å². The summed E-state index contributed by atoms with van der Waals surface area (Å²) in [6, 6.07) is 11.7. The van der Waals surface area contributed by atoms with Gasteiger partial charge in [-0.15, -0.1) is 11.3 Å². The first kappa shape index (κ1) is 21.3. The van der Waals surface area contributed by atoms with E-state index in [0.717, 1.165) is 10.4 Å². The number of rotatable bonds is 5. The van der Waals surface area contributed by atoms with Crippen LogP contribution in [0.4, 0.5) is 14.5 Å². The number of halogens is 3. The van der Waals surface area contributed by atoms with Crippen LogP contribution in [0.25, 0.3) is 0 Å². The fourth-order valence-corrected chi connectivity index (χ4v) is 7.14. The molecule has 2 heterocycles. The van der Waals surface area contributed by atoms with Gasteiger partial charge in [0.25, 0.3) is 10.0 Å². The van der Waals surface area contributed by atoms with Gasteiger partial charge < -0.3 is 0 Å². The molecule has 3 nitrogen and oxygen atoms in total. The van der Waals surface area contributed by atoms with E-state index in [0.29, 0.717) is 42.0 Å². The molecule has 1 aromatic heterocycles. The van der Waals surface area contributed by atoms with Gasteiger partial charge in [-0.25, -0.2) is 17.2 Å². The molecule has 4 rings (SSSR count). The lowest BCUT2D eigenvalue weighted by Gasteiger charge is -2.37. The summed E-state index contributed by atoms with van der Waals surface area (Å²) in [5.74, 6) is -0.895. The van der Waals surface area contributed by atoms with E-state index in [1.54, 1.807) is 30.3 Å². The molecular formula is C22H20ClF2NO2S2. The zero-order valence-corrected chi connectivity index (χ0v) is 18.6. The monoisotopic (exact) mass is 467 g/mol. The van der Waals surface area contributed by atoms with Crippen molar-refractivity contribution in [3.05, 3.63) is 81.2 Å². The molecule has 0 amide bonds. The zero-order chi connectivity index (χ0) is 21.5. The topological polar surface area (TPSA) is 37.4 Å². The number of hydrogen-bond acceptors (Lipinski definition) is 3. The van der Waals surface area contributed by atoms with Crippen LogP contribution in [0.5, 0.6) is 0 Å². The van der Waals surface area contributed by atoms with Crippen LogP contribution in [0.2, 0.25) is 5.02 Å². The van der Waals surface area contributed by atoms with Gasteiger partial charge in [0.15, 0.2) is 0 Å². The number of fused-ring (bicyclic) bond motifs is 1. The maximum absolute atomic E-state index is 14.2. The molecule has 0 N–H and O–H groups in total. The van der Waals surface area contributed by atoms with E-state index in [4.69, 9.17) is 11.6 Å². The van der Waals surface area contributed by atoms with E-state index in [2.05, 4.69) is 0 Å². The Morgan fingerprint density at radius 2 is 1.93 bits per heavy atom. The average Bonchev–Trinajstić information content (AvgIpc) is 3.14. The van der Waals surface area contributed by atoms with Gasteiger partial charge in [0, 0.05) is 15.9 Å². The van der Waals surface area contributed by atoms with Crippen molar-refractivity contribution < 1.29 is 17.2 Å². The van der Waals surface area contributed by atoms with Gasteiger partial charge in [-0.05, 0) is 80.1 Å². The lowest BCUT2D eigenvalue weighted by molar-refractivity contribution is 0.516. The van der Waals surface area contributed by atoms with E-state index in [-0.39, 0.29) is 4.21 Å². The zero-order valence-electron chi connectivity index (χ0n) is 16.2. The summed E-state index contributed by atoms with van der Waals surface area (Å²) >= 11 is 7.02. The lowest BCUT2D eigenvalue weighted by Crippen LogP contribution is -2.43. The number of aryl methyl sites for hydroxylation is 3. The lowest BCUT2D eigenvalue weighted by atomic mass is 9.94. The van der Waals surface area contributed by atoms with Gasteiger partial charge in [-0.1, -0.05) is 23.7 Å². The van der Waals surface area contributed by atoms with Gasteiger partial charge in [0.05, 0.1) is 5.69 Å². The van der Waals surface area contributed by atoms with Crippen molar-refractivity contribution in [3.8, 4) is 0 Å². The Morgan fingerprint density at radius 1 is 1.13 bits per heavy atom. The number of anilines is 1. The van der Waals surface area contributed by atoms with Crippen LogP contribution < -0.4 is 4.31 Å². The summed E-state index contributed by atoms with van der Waals surface area (Å²) < 4.78 is 56.9. The third kappa shape index (κ3) is 4.11. The van der Waals surface area contributed by atoms with Crippen molar-refractivity contribution in [2.45, 2.75) is 42.9 Å². The fourth-order valence-electron chi connectivity index (χ4n) is 3.87. The average molecular weight is 468 g/mol. The third-order valence-corrected chi connectivity index (χ3v) is 8.92. The third-order valence-electron chi connectivity index (χ3n) is 5.35. The maximum Gasteiger partial charge on any atom is 0.274 e. The molecule has 0 aliphatic carbocycles. The molecule has 0 bridgehead atoms. The van der Waals surface area contributed by atoms with Gasteiger partial charge in [-0.2, -0.15) is 0 Å². The molecule has 1 atom stereocenters. The summed E-state index contributed by atoms with van der Waals surface area (Å²) in [5.41, 5.74) is 1.64. The molecule has 0 fully saturated rings. The molecule has 1 unspecified atom stereocenters. The van der Waals surface area contributed by atoms with Crippen LogP contribution >= 0.6 is 22.9 Å². The summed E-state index contributed by atoms with van der Waals surface area (Å²) in [7, 11) is -3.87. The Morgan fingerprint density at radius 3 is 2.63 bits per heavy atom. The molecule has 1 aliphatic rings. The molecule has 30 heavy (non-hydrogen) atoms. The van der Waals surface area contributed by atoms with Gasteiger partial charge >= 0.3 is 0 Å². The van der Waals surface area contributed by atoms with Crippen LogP contribution in [0.1, 0.15) is 28.8 Å². The molecule has 8 heteroatoms. The van der Waals surface area contributed by atoms with E-state index in [1.807, 2.05) is 6.92 Å². The molecule has 0 saturated heterocycles. The Balaban J connectivity index is 1.71. The first-order chi connectivity index (χ1) is 14.3. The molecule has 0 radical (unpaired) electrons. The number of benzene rings is 2. The minimum absolute atomic E-state index is 0.222. The smallest absolute Gasteiger partial charge is 0.262 e. The van der Waals surface area contributed by atoms with Crippen LogP contribution in [0.3, 0.4) is 0 Å². The highest BCUT2D eigenvalue weighted by Gasteiger charge is 2.37. The normalized spacial score (nSPS) is 16.5. The summed E-state index contributed by atoms with van der Waals surface area (Å²) in [4.78, 5) is 0.879. The standard InChI is InChI=1S/C22H20ClF2NO2S2/c1-14-2-11-22(29-14)30(27,28)26-19(9-5-15-3-7-17(23)12-20(15)25)10-6-16-4-8-18(24)13-21(16)26/h2-4,7-8,11-13,19H,5-6,9-10H2,1H3. The second-order valence-electron chi connectivity index (χ2n) is 7.41. The van der Waals surface area contributed by atoms with E-state index >= 15 is 0 Å². The Kier molecular flexibility index (Phi) is 5.88. The summed E-state index contributed by atoms with van der Waals surface area (Å²) in [6.45, 7) is 1.84. The maximum atomic E-state index is 14.2. The van der Waals surface area contributed by atoms with Crippen molar-refractivity contribution >= 4 is 38.6 Å². The highest BCUT2D eigenvalue weighted by atomic mass is 35.5. The molecule has 1 aliphatic heterocycles. The first-order valence-corrected chi connectivity index (χ1v) is 12.2. The Hall–Kier alpha value is -1.96. The second kappa shape index (κ2) is 8.29. The quantitative estimate of drug-likeness (QED) is 0.452. The molecular weight excluding hydrogens is 448 g/mol. The van der Waals surface area contributed by atoms with Gasteiger partial charge in [-0.3, -0.25) is 4.31 Å². The molecule has 2 aromatic carbocycles. The molecule has 0 saturated carbocycles. The minimum atomic E-state index is -3.87. The fraction of sp³-hybridized carbons (Fsp3) is 0.273.